The molecule has 0 radical (unpaired) electrons. The SMILES string of the molecule is CCc1[nH]nc(C(=O)NCCC2CCCC2)c1S(N)(=O)=O. The zero-order valence-corrected chi connectivity index (χ0v) is 13.0. The van der Waals surface area contributed by atoms with Crippen molar-refractivity contribution in [3.63, 3.8) is 0 Å². The van der Waals surface area contributed by atoms with Crippen LogP contribution in [0.5, 0.6) is 0 Å². The summed E-state index contributed by atoms with van der Waals surface area (Å²) in [6.07, 6.45) is 6.26. The molecule has 1 saturated carbocycles. The molecule has 1 heterocycles. The van der Waals surface area contributed by atoms with Crippen LogP contribution in [-0.2, 0) is 16.4 Å². The van der Waals surface area contributed by atoms with Gasteiger partial charge in [-0.05, 0) is 18.8 Å². The summed E-state index contributed by atoms with van der Waals surface area (Å²) in [4.78, 5) is 11.9. The predicted molar refractivity (Wildman–Crippen MR) is 78.2 cm³/mol. The Morgan fingerprint density at radius 2 is 2.10 bits per heavy atom. The van der Waals surface area contributed by atoms with E-state index in [9.17, 15) is 13.2 Å². The third kappa shape index (κ3) is 3.82. The molecule has 1 aliphatic rings. The van der Waals surface area contributed by atoms with Gasteiger partial charge >= 0.3 is 0 Å². The highest BCUT2D eigenvalue weighted by atomic mass is 32.2. The molecule has 0 aromatic carbocycles. The predicted octanol–water partition coefficient (Wildman–Crippen LogP) is 0.930. The van der Waals surface area contributed by atoms with E-state index in [1.807, 2.05) is 0 Å². The average molecular weight is 314 g/mol. The number of carbonyl (C=O) groups excluding carboxylic acids is 1. The standard InChI is InChI=1S/C13H22N4O3S/c1-2-10-12(21(14,19)20)11(17-16-10)13(18)15-8-7-9-5-3-4-6-9/h9H,2-8H2,1H3,(H,15,18)(H,16,17)(H2,14,19,20). The molecule has 4 N–H and O–H groups in total. The maximum absolute atomic E-state index is 12.1. The largest absolute Gasteiger partial charge is 0.351 e. The first-order valence-electron chi connectivity index (χ1n) is 7.31. The first-order valence-corrected chi connectivity index (χ1v) is 8.86. The summed E-state index contributed by atoms with van der Waals surface area (Å²) in [6.45, 7) is 2.30. The molecular formula is C13H22N4O3S. The number of hydrogen-bond acceptors (Lipinski definition) is 4. The van der Waals surface area contributed by atoms with E-state index >= 15 is 0 Å². The van der Waals surface area contributed by atoms with Gasteiger partial charge in [-0.1, -0.05) is 32.6 Å². The summed E-state index contributed by atoms with van der Waals surface area (Å²) in [6, 6.07) is 0. The number of nitrogens with two attached hydrogens (primary N) is 1. The number of aromatic nitrogens is 2. The number of aromatic amines is 1. The van der Waals surface area contributed by atoms with Crippen molar-refractivity contribution in [1.29, 1.82) is 0 Å². The highest BCUT2D eigenvalue weighted by Gasteiger charge is 2.26. The summed E-state index contributed by atoms with van der Waals surface area (Å²) >= 11 is 0. The number of amides is 1. The molecule has 1 amide bonds. The molecule has 0 spiro atoms. The van der Waals surface area contributed by atoms with E-state index in [4.69, 9.17) is 5.14 Å². The van der Waals surface area contributed by atoms with Gasteiger partial charge in [0.25, 0.3) is 5.91 Å². The van der Waals surface area contributed by atoms with E-state index in [0.29, 0.717) is 24.6 Å². The topological polar surface area (TPSA) is 118 Å². The van der Waals surface area contributed by atoms with Gasteiger partial charge in [0.15, 0.2) is 5.69 Å². The van der Waals surface area contributed by atoms with Crippen LogP contribution in [0, 0.1) is 5.92 Å². The van der Waals surface area contributed by atoms with E-state index in [1.54, 1.807) is 6.92 Å². The summed E-state index contributed by atoms with van der Waals surface area (Å²) in [7, 11) is -3.97. The summed E-state index contributed by atoms with van der Waals surface area (Å²) in [5.74, 6) is 0.168. The number of H-pyrrole nitrogens is 1. The Labute approximate surface area is 124 Å². The Bertz CT molecular complexity index is 603. The lowest BCUT2D eigenvalue weighted by atomic mass is 10.0. The zero-order valence-electron chi connectivity index (χ0n) is 12.2. The summed E-state index contributed by atoms with van der Waals surface area (Å²) < 4.78 is 23.2. The molecule has 0 unspecified atom stereocenters. The van der Waals surface area contributed by atoms with E-state index in [1.165, 1.54) is 25.7 Å². The van der Waals surface area contributed by atoms with Gasteiger partial charge < -0.3 is 5.32 Å². The molecule has 1 aromatic rings. The van der Waals surface area contributed by atoms with Crippen LogP contribution in [0.3, 0.4) is 0 Å². The van der Waals surface area contributed by atoms with Crippen LogP contribution in [0.1, 0.15) is 55.2 Å². The Kier molecular flexibility index (Phi) is 5.00. The quantitative estimate of drug-likeness (QED) is 0.723. The van der Waals surface area contributed by atoms with E-state index in [0.717, 1.165) is 6.42 Å². The van der Waals surface area contributed by atoms with Crippen molar-refractivity contribution in [2.45, 2.75) is 50.3 Å². The van der Waals surface area contributed by atoms with Crippen LogP contribution in [-0.4, -0.2) is 31.1 Å². The van der Waals surface area contributed by atoms with E-state index in [2.05, 4.69) is 15.5 Å². The monoisotopic (exact) mass is 314 g/mol. The Morgan fingerprint density at radius 3 is 2.67 bits per heavy atom. The molecule has 1 aliphatic carbocycles. The molecule has 1 aromatic heterocycles. The number of nitrogens with zero attached hydrogens (tertiary/aromatic N) is 1. The summed E-state index contributed by atoms with van der Waals surface area (Å²) in [5.41, 5.74) is 0.221. The van der Waals surface area contributed by atoms with Crippen molar-refractivity contribution in [2.75, 3.05) is 6.54 Å². The molecule has 21 heavy (non-hydrogen) atoms. The third-order valence-corrected chi connectivity index (χ3v) is 4.97. The second kappa shape index (κ2) is 6.57. The molecule has 0 atom stereocenters. The van der Waals surface area contributed by atoms with Gasteiger partial charge in [0.1, 0.15) is 4.90 Å². The van der Waals surface area contributed by atoms with Gasteiger partial charge in [0.2, 0.25) is 10.0 Å². The molecule has 1 fully saturated rings. The molecular weight excluding hydrogens is 292 g/mol. The fourth-order valence-electron chi connectivity index (χ4n) is 2.84. The normalized spacial score (nSPS) is 16.3. The van der Waals surface area contributed by atoms with Crippen LogP contribution in [0.25, 0.3) is 0 Å². The number of aryl methyl sites for hydroxylation is 1. The van der Waals surface area contributed by atoms with Crippen LogP contribution in [0.4, 0.5) is 0 Å². The molecule has 0 saturated heterocycles. The highest BCUT2D eigenvalue weighted by molar-refractivity contribution is 7.89. The van der Waals surface area contributed by atoms with Crippen molar-refractivity contribution in [3.8, 4) is 0 Å². The molecule has 118 valence electrons. The second-order valence-electron chi connectivity index (χ2n) is 5.47. The van der Waals surface area contributed by atoms with Gasteiger partial charge in [-0.25, -0.2) is 13.6 Å². The number of hydrogen-bond donors (Lipinski definition) is 3. The average Bonchev–Trinajstić information content (AvgIpc) is 3.06. The minimum atomic E-state index is -3.97. The minimum Gasteiger partial charge on any atom is -0.351 e. The number of primary sulfonamides is 1. The lowest BCUT2D eigenvalue weighted by Gasteiger charge is -2.09. The third-order valence-electron chi connectivity index (χ3n) is 3.96. The molecule has 0 bridgehead atoms. The van der Waals surface area contributed by atoms with E-state index < -0.39 is 15.9 Å². The van der Waals surface area contributed by atoms with Crippen LogP contribution < -0.4 is 10.5 Å². The lowest BCUT2D eigenvalue weighted by Crippen LogP contribution is -2.28. The van der Waals surface area contributed by atoms with Gasteiger partial charge in [0.05, 0.1) is 5.69 Å². The number of nitrogens with one attached hydrogen (secondary N) is 2. The van der Waals surface area contributed by atoms with Gasteiger partial charge in [-0.2, -0.15) is 5.10 Å². The van der Waals surface area contributed by atoms with Crippen molar-refractivity contribution >= 4 is 15.9 Å². The van der Waals surface area contributed by atoms with Crippen LogP contribution >= 0.6 is 0 Å². The fourth-order valence-corrected chi connectivity index (χ4v) is 3.78. The Hall–Kier alpha value is -1.41. The smallest absolute Gasteiger partial charge is 0.273 e. The molecule has 8 heteroatoms. The van der Waals surface area contributed by atoms with Crippen molar-refractivity contribution in [3.05, 3.63) is 11.4 Å². The lowest BCUT2D eigenvalue weighted by molar-refractivity contribution is 0.0943. The first-order chi connectivity index (χ1) is 9.93. The molecule has 0 aliphatic heterocycles. The minimum absolute atomic E-state index is 0.138. The van der Waals surface area contributed by atoms with Crippen molar-refractivity contribution < 1.29 is 13.2 Å². The van der Waals surface area contributed by atoms with Gasteiger partial charge in [-0.15, -0.1) is 0 Å². The maximum Gasteiger partial charge on any atom is 0.273 e. The fraction of sp³-hybridized carbons (Fsp3) is 0.692. The van der Waals surface area contributed by atoms with E-state index in [-0.39, 0.29) is 10.6 Å². The number of rotatable bonds is 6. The van der Waals surface area contributed by atoms with Crippen molar-refractivity contribution in [1.82, 2.24) is 15.5 Å². The molecule has 2 rings (SSSR count). The molecule has 7 nitrogen and oxygen atoms in total. The Balaban J connectivity index is 2.03. The Morgan fingerprint density at radius 1 is 1.43 bits per heavy atom. The van der Waals surface area contributed by atoms with Crippen LogP contribution in [0.2, 0.25) is 0 Å². The zero-order chi connectivity index (χ0) is 15.5. The first kappa shape index (κ1) is 16.0. The highest BCUT2D eigenvalue weighted by Crippen LogP contribution is 2.27. The summed E-state index contributed by atoms with van der Waals surface area (Å²) in [5, 5.41) is 14.3. The van der Waals surface area contributed by atoms with Gasteiger partial charge in [-0.3, -0.25) is 9.89 Å². The number of sulfonamides is 1. The van der Waals surface area contributed by atoms with Gasteiger partial charge in [0, 0.05) is 6.54 Å². The van der Waals surface area contributed by atoms with Crippen molar-refractivity contribution in [2.24, 2.45) is 11.1 Å². The second-order valence-corrected chi connectivity index (χ2v) is 6.97. The van der Waals surface area contributed by atoms with Crippen LogP contribution in [0.15, 0.2) is 4.90 Å². The maximum atomic E-state index is 12.1. The number of carbonyl (C=O) groups is 1.